The zero-order chi connectivity index (χ0) is 19.9. The second-order valence-electron chi connectivity index (χ2n) is 6.36. The number of anilines is 2. The van der Waals surface area contributed by atoms with Crippen LogP contribution in [-0.4, -0.2) is 26.0 Å². The lowest BCUT2D eigenvalue weighted by molar-refractivity contribution is -0.119. The summed E-state index contributed by atoms with van der Waals surface area (Å²) in [7, 11) is -3.77. The van der Waals surface area contributed by atoms with E-state index in [9.17, 15) is 18.0 Å². The number of carbonyl (C=O) groups excluding carboxylic acids is 2. The summed E-state index contributed by atoms with van der Waals surface area (Å²) in [5.41, 5.74) is 1.46. The quantitative estimate of drug-likeness (QED) is 0.806. The van der Waals surface area contributed by atoms with Gasteiger partial charge in [-0.25, -0.2) is 12.7 Å². The van der Waals surface area contributed by atoms with E-state index >= 15 is 0 Å². The molecule has 142 valence electrons. The molecule has 1 unspecified atom stereocenters. The summed E-state index contributed by atoms with van der Waals surface area (Å²) in [6.07, 6.45) is 0. The van der Waals surface area contributed by atoms with Crippen molar-refractivity contribution in [1.29, 1.82) is 0 Å². The monoisotopic (exact) mass is 426 g/mol. The molecule has 1 aliphatic rings. The fraction of sp³-hybridized carbons (Fsp3) is 0.222. The lowest BCUT2D eigenvalue weighted by Crippen LogP contribution is -2.30. The molecule has 1 heterocycles. The van der Waals surface area contributed by atoms with Gasteiger partial charge in [0.25, 0.3) is 5.91 Å². The van der Waals surface area contributed by atoms with Crippen LogP contribution in [-0.2, 0) is 14.8 Å². The maximum absolute atomic E-state index is 12.6. The second kappa shape index (κ2) is 7.14. The van der Waals surface area contributed by atoms with E-state index in [1.165, 1.54) is 18.2 Å². The highest BCUT2D eigenvalue weighted by atomic mass is 35.5. The molecule has 1 atom stereocenters. The topological polar surface area (TPSA) is 83.6 Å². The average molecular weight is 427 g/mol. The van der Waals surface area contributed by atoms with Crippen molar-refractivity contribution in [3.05, 3.63) is 57.6 Å². The van der Waals surface area contributed by atoms with Crippen LogP contribution in [0.1, 0.15) is 22.8 Å². The highest BCUT2D eigenvalue weighted by Gasteiger charge is 2.42. The Labute approximate surface area is 167 Å². The molecule has 2 aromatic carbocycles. The van der Waals surface area contributed by atoms with Crippen molar-refractivity contribution in [3.8, 4) is 0 Å². The van der Waals surface area contributed by atoms with E-state index in [4.69, 9.17) is 23.2 Å². The van der Waals surface area contributed by atoms with Crippen LogP contribution in [0, 0.1) is 12.8 Å². The van der Waals surface area contributed by atoms with Crippen molar-refractivity contribution in [2.75, 3.05) is 15.4 Å². The molecule has 2 amide bonds. The molecule has 3 rings (SSSR count). The van der Waals surface area contributed by atoms with Crippen molar-refractivity contribution >= 4 is 56.4 Å². The molecule has 9 heteroatoms. The fourth-order valence-corrected chi connectivity index (χ4v) is 4.97. The number of hydrogen-bond donors (Lipinski definition) is 1. The Bertz CT molecular complexity index is 1050. The number of rotatable bonds is 3. The minimum absolute atomic E-state index is 0.0495. The Morgan fingerprint density at radius 3 is 2.44 bits per heavy atom. The van der Waals surface area contributed by atoms with E-state index in [1.807, 2.05) is 6.92 Å². The third kappa shape index (κ3) is 3.81. The van der Waals surface area contributed by atoms with Crippen molar-refractivity contribution < 1.29 is 18.0 Å². The van der Waals surface area contributed by atoms with Crippen molar-refractivity contribution in [3.63, 3.8) is 0 Å². The molecule has 1 fully saturated rings. The Hall–Kier alpha value is -2.09. The average Bonchev–Trinajstić information content (AvgIpc) is 2.79. The van der Waals surface area contributed by atoms with E-state index in [1.54, 1.807) is 25.1 Å². The molecule has 0 aliphatic carbocycles. The summed E-state index contributed by atoms with van der Waals surface area (Å²) in [6.45, 7) is 3.38. The Kier molecular flexibility index (Phi) is 5.20. The first-order chi connectivity index (χ1) is 12.6. The van der Waals surface area contributed by atoms with Crippen molar-refractivity contribution in [2.45, 2.75) is 13.8 Å². The minimum Gasteiger partial charge on any atom is -0.322 e. The summed E-state index contributed by atoms with van der Waals surface area (Å²) in [4.78, 5) is 24.9. The highest BCUT2D eigenvalue weighted by Crippen LogP contribution is 2.31. The predicted octanol–water partition coefficient (Wildman–Crippen LogP) is 3.87. The number of sulfonamides is 1. The third-order valence-corrected chi connectivity index (χ3v) is 6.82. The first-order valence-corrected chi connectivity index (χ1v) is 10.4. The van der Waals surface area contributed by atoms with Crippen molar-refractivity contribution in [1.82, 2.24) is 0 Å². The normalized spacial score (nSPS) is 18.6. The predicted molar refractivity (Wildman–Crippen MR) is 106 cm³/mol. The van der Waals surface area contributed by atoms with Gasteiger partial charge in [-0.2, -0.15) is 0 Å². The first-order valence-electron chi connectivity index (χ1n) is 8.04. The van der Waals surface area contributed by atoms with Gasteiger partial charge in [-0.05, 0) is 42.8 Å². The number of benzene rings is 2. The van der Waals surface area contributed by atoms with Crippen LogP contribution < -0.4 is 9.62 Å². The van der Waals surface area contributed by atoms with E-state index in [0.717, 1.165) is 9.87 Å². The summed E-state index contributed by atoms with van der Waals surface area (Å²) in [5.74, 6) is -1.98. The zero-order valence-corrected chi connectivity index (χ0v) is 16.8. The van der Waals surface area contributed by atoms with Crippen LogP contribution >= 0.6 is 23.2 Å². The van der Waals surface area contributed by atoms with Crippen LogP contribution in [0.5, 0.6) is 0 Å². The van der Waals surface area contributed by atoms with Gasteiger partial charge in [-0.1, -0.05) is 36.2 Å². The number of amides is 2. The zero-order valence-electron chi connectivity index (χ0n) is 14.5. The number of nitrogens with one attached hydrogen (secondary N) is 1. The number of carbonyl (C=O) groups is 2. The molecule has 6 nitrogen and oxygen atoms in total. The molecule has 2 aromatic rings. The van der Waals surface area contributed by atoms with Crippen LogP contribution in [0.4, 0.5) is 11.4 Å². The van der Waals surface area contributed by atoms with Gasteiger partial charge in [0.2, 0.25) is 15.9 Å². The van der Waals surface area contributed by atoms with Gasteiger partial charge in [-0.3, -0.25) is 9.59 Å². The van der Waals surface area contributed by atoms with E-state index < -0.39 is 27.8 Å². The summed E-state index contributed by atoms with van der Waals surface area (Å²) >= 11 is 12.2. The molecule has 0 radical (unpaired) electrons. The van der Waals surface area contributed by atoms with Gasteiger partial charge >= 0.3 is 0 Å². The van der Waals surface area contributed by atoms with E-state index in [2.05, 4.69) is 5.32 Å². The maximum atomic E-state index is 12.6. The van der Waals surface area contributed by atoms with Gasteiger partial charge in [0.15, 0.2) is 0 Å². The fourth-order valence-electron chi connectivity index (χ4n) is 2.77. The molecular weight excluding hydrogens is 411 g/mol. The first kappa shape index (κ1) is 19.7. The Morgan fingerprint density at radius 1 is 1.15 bits per heavy atom. The smallest absolute Gasteiger partial charge is 0.257 e. The lowest BCUT2D eigenvalue weighted by atomic mass is 10.1. The van der Waals surface area contributed by atoms with Gasteiger partial charge in [-0.15, -0.1) is 0 Å². The molecule has 0 saturated carbocycles. The summed E-state index contributed by atoms with van der Waals surface area (Å²) < 4.78 is 25.3. The minimum atomic E-state index is -3.77. The maximum Gasteiger partial charge on any atom is 0.257 e. The van der Waals surface area contributed by atoms with Crippen molar-refractivity contribution in [2.24, 2.45) is 5.92 Å². The summed E-state index contributed by atoms with van der Waals surface area (Å²) in [5, 5.41) is 3.29. The molecule has 1 saturated heterocycles. The number of aryl methyl sites for hydroxylation is 1. The Morgan fingerprint density at radius 2 is 1.85 bits per heavy atom. The van der Waals surface area contributed by atoms with Gasteiger partial charge < -0.3 is 5.32 Å². The van der Waals surface area contributed by atoms with Crippen LogP contribution in [0.2, 0.25) is 10.0 Å². The van der Waals surface area contributed by atoms with Crippen LogP contribution in [0.15, 0.2) is 36.4 Å². The number of nitrogens with zero attached hydrogens (tertiary/aromatic N) is 1. The standard InChI is InChI=1S/C18H16Cl2N2O4S/c1-10-3-4-12(7-16(10)20)21-17(23)14-8-13(5-6-15(14)19)22-18(24)11(2)9-27(22,25)26/h3-8,11H,9H2,1-2H3,(H,21,23). The SMILES string of the molecule is Cc1ccc(NC(=O)c2cc(N3C(=O)C(C)CS3(=O)=O)ccc2Cl)cc1Cl. The molecule has 0 aromatic heterocycles. The molecule has 27 heavy (non-hydrogen) atoms. The van der Waals surface area contributed by atoms with Crippen LogP contribution in [0.3, 0.4) is 0 Å². The molecule has 1 N–H and O–H groups in total. The van der Waals surface area contributed by atoms with Crippen LogP contribution in [0.25, 0.3) is 0 Å². The molecule has 0 bridgehead atoms. The third-order valence-electron chi connectivity index (χ3n) is 4.22. The van der Waals surface area contributed by atoms with E-state index in [-0.39, 0.29) is 22.0 Å². The molecule has 1 aliphatic heterocycles. The van der Waals surface area contributed by atoms with Gasteiger partial charge in [0, 0.05) is 10.7 Å². The highest BCUT2D eigenvalue weighted by molar-refractivity contribution is 7.94. The molecule has 0 spiro atoms. The second-order valence-corrected chi connectivity index (χ2v) is 9.04. The molecular formula is C18H16Cl2N2O4S. The van der Waals surface area contributed by atoms with E-state index in [0.29, 0.717) is 10.7 Å². The Balaban J connectivity index is 1.95. The summed E-state index contributed by atoms with van der Waals surface area (Å²) in [6, 6.07) is 9.12. The van der Waals surface area contributed by atoms with Gasteiger partial charge in [0.05, 0.1) is 27.9 Å². The number of hydrogen-bond acceptors (Lipinski definition) is 4. The lowest BCUT2D eigenvalue weighted by Gasteiger charge is -2.17. The number of halogens is 2. The van der Waals surface area contributed by atoms with Gasteiger partial charge in [0.1, 0.15) is 0 Å². The largest absolute Gasteiger partial charge is 0.322 e.